The molecule has 8 heteroatoms. The van der Waals surface area contributed by atoms with Crippen LogP contribution in [0.3, 0.4) is 0 Å². The molecule has 0 N–H and O–H groups in total. The van der Waals surface area contributed by atoms with E-state index in [1.165, 1.54) is 0 Å². The van der Waals surface area contributed by atoms with Crippen molar-refractivity contribution in [3.8, 4) is 0 Å². The van der Waals surface area contributed by atoms with Gasteiger partial charge in [-0.2, -0.15) is 0 Å². The SMILES string of the molecule is C=CC(=O)OCCOC(=O)CC(=O)OCCOC(=O)C=C. The summed E-state index contributed by atoms with van der Waals surface area (Å²) in [5.74, 6) is -2.92. The summed E-state index contributed by atoms with van der Waals surface area (Å²) in [5, 5.41) is 0. The Morgan fingerprint density at radius 3 is 1.33 bits per heavy atom. The minimum absolute atomic E-state index is 0.136. The van der Waals surface area contributed by atoms with Gasteiger partial charge < -0.3 is 18.9 Å². The molecule has 0 amide bonds. The Morgan fingerprint density at radius 2 is 1.00 bits per heavy atom. The molecule has 0 bridgehead atoms. The van der Waals surface area contributed by atoms with Gasteiger partial charge in [0.2, 0.25) is 0 Å². The maximum atomic E-state index is 11.2. The fourth-order valence-corrected chi connectivity index (χ4v) is 0.933. The molecule has 0 atom stereocenters. The van der Waals surface area contributed by atoms with Gasteiger partial charge in [0, 0.05) is 12.2 Å². The van der Waals surface area contributed by atoms with Crippen LogP contribution in [0.4, 0.5) is 0 Å². The van der Waals surface area contributed by atoms with Crippen molar-refractivity contribution in [2.75, 3.05) is 26.4 Å². The molecule has 0 saturated carbocycles. The van der Waals surface area contributed by atoms with E-state index >= 15 is 0 Å². The van der Waals surface area contributed by atoms with E-state index in [0.29, 0.717) is 0 Å². The largest absolute Gasteiger partial charge is 0.462 e. The summed E-state index contributed by atoms with van der Waals surface area (Å²) >= 11 is 0. The van der Waals surface area contributed by atoms with E-state index in [0.717, 1.165) is 12.2 Å². The molecule has 0 aliphatic rings. The minimum Gasteiger partial charge on any atom is -0.462 e. The lowest BCUT2D eigenvalue weighted by molar-refractivity contribution is -0.159. The highest BCUT2D eigenvalue weighted by Gasteiger charge is 2.12. The normalized spacial score (nSPS) is 9.14. The summed E-state index contributed by atoms with van der Waals surface area (Å²) in [6.45, 7) is 5.74. The van der Waals surface area contributed by atoms with E-state index in [-0.39, 0.29) is 26.4 Å². The molecule has 0 unspecified atom stereocenters. The highest BCUT2D eigenvalue weighted by atomic mass is 16.6. The Kier molecular flexibility index (Phi) is 9.80. The van der Waals surface area contributed by atoms with Crippen LogP contribution in [0.15, 0.2) is 25.3 Å². The highest BCUT2D eigenvalue weighted by molar-refractivity contribution is 5.91. The van der Waals surface area contributed by atoms with Crippen molar-refractivity contribution >= 4 is 23.9 Å². The maximum absolute atomic E-state index is 11.2. The molecule has 0 aromatic rings. The molecule has 0 aromatic heterocycles. The Balaban J connectivity index is 3.63. The topological polar surface area (TPSA) is 105 Å². The van der Waals surface area contributed by atoms with Crippen LogP contribution in [0, 0.1) is 0 Å². The zero-order valence-electron chi connectivity index (χ0n) is 11.4. The third kappa shape index (κ3) is 10.9. The Labute approximate surface area is 121 Å². The molecule has 116 valence electrons. The number of ether oxygens (including phenoxy) is 4. The number of carbonyl (C=O) groups excluding carboxylic acids is 4. The second-order valence-corrected chi connectivity index (χ2v) is 3.36. The van der Waals surface area contributed by atoms with Gasteiger partial charge in [-0.05, 0) is 0 Å². The maximum Gasteiger partial charge on any atom is 0.330 e. The van der Waals surface area contributed by atoms with Gasteiger partial charge in [-0.15, -0.1) is 0 Å². The second-order valence-electron chi connectivity index (χ2n) is 3.36. The van der Waals surface area contributed by atoms with E-state index in [2.05, 4.69) is 32.1 Å². The molecular weight excluding hydrogens is 284 g/mol. The van der Waals surface area contributed by atoms with Crippen LogP contribution >= 0.6 is 0 Å². The predicted octanol–water partition coefficient (Wildman–Crippen LogP) is -0.0787. The molecule has 0 saturated heterocycles. The van der Waals surface area contributed by atoms with E-state index in [1.807, 2.05) is 0 Å². The van der Waals surface area contributed by atoms with Gasteiger partial charge in [-0.25, -0.2) is 9.59 Å². The van der Waals surface area contributed by atoms with Gasteiger partial charge >= 0.3 is 23.9 Å². The minimum atomic E-state index is -0.822. The van der Waals surface area contributed by atoms with Crippen molar-refractivity contribution in [3.05, 3.63) is 25.3 Å². The summed E-state index contributed by atoms with van der Waals surface area (Å²) in [4.78, 5) is 43.7. The number of esters is 4. The molecule has 0 aromatic carbocycles. The summed E-state index contributed by atoms with van der Waals surface area (Å²) in [7, 11) is 0. The first-order valence-corrected chi connectivity index (χ1v) is 5.89. The standard InChI is InChI=1S/C13H16O8/c1-3-10(14)18-5-7-20-12(16)9-13(17)21-8-6-19-11(15)4-2/h3-4H,1-2,5-9H2. The average molecular weight is 300 g/mol. The lowest BCUT2D eigenvalue weighted by Gasteiger charge is -2.06. The zero-order valence-corrected chi connectivity index (χ0v) is 11.4. The van der Waals surface area contributed by atoms with E-state index < -0.39 is 30.3 Å². The smallest absolute Gasteiger partial charge is 0.330 e. The molecule has 0 spiro atoms. The van der Waals surface area contributed by atoms with Crippen molar-refractivity contribution in [1.82, 2.24) is 0 Å². The quantitative estimate of drug-likeness (QED) is 0.181. The number of hydrogen-bond donors (Lipinski definition) is 0. The van der Waals surface area contributed by atoms with E-state index in [9.17, 15) is 19.2 Å². The average Bonchev–Trinajstić information content (AvgIpc) is 2.47. The van der Waals surface area contributed by atoms with Gasteiger partial charge in [-0.1, -0.05) is 13.2 Å². The zero-order chi connectivity index (χ0) is 16.1. The van der Waals surface area contributed by atoms with Crippen LogP contribution in [0.5, 0.6) is 0 Å². The molecule has 0 aliphatic carbocycles. The van der Waals surface area contributed by atoms with Crippen molar-refractivity contribution in [2.24, 2.45) is 0 Å². The van der Waals surface area contributed by atoms with Gasteiger partial charge in [0.1, 0.15) is 32.8 Å². The molecule has 8 nitrogen and oxygen atoms in total. The summed E-state index contributed by atoms with van der Waals surface area (Å²) in [6.07, 6.45) is 1.35. The molecular formula is C13H16O8. The third-order valence-corrected chi connectivity index (χ3v) is 1.80. The van der Waals surface area contributed by atoms with Crippen LogP contribution in [-0.2, 0) is 38.1 Å². The van der Waals surface area contributed by atoms with E-state index in [1.54, 1.807) is 0 Å². The van der Waals surface area contributed by atoms with Crippen LogP contribution < -0.4 is 0 Å². The summed E-state index contributed by atoms with van der Waals surface area (Å²) in [5.41, 5.74) is 0. The van der Waals surface area contributed by atoms with E-state index in [4.69, 9.17) is 0 Å². The van der Waals surface area contributed by atoms with Crippen LogP contribution in [-0.4, -0.2) is 50.3 Å². The molecule has 0 aliphatic heterocycles. The number of rotatable bonds is 10. The third-order valence-electron chi connectivity index (χ3n) is 1.80. The monoisotopic (exact) mass is 300 g/mol. The predicted molar refractivity (Wildman–Crippen MR) is 68.8 cm³/mol. The lowest BCUT2D eigenvalue weighted by Crippen LogP contribution is -2.18. The van der Waals surface area contributed by atoms with Crippen molar-refractivity contribution < 1.29 is 38.1 Å². The second kappa shape index (κ2) is 11.2. The lowest BCUT2D eigenvalue weighted by atomic mass is 10.4. The molecule has 0 rings (SSSR count). The first-order valence-electron chi connectivity index (χ1n) is 5.89. The molecule has 0 heterocycles. The Bertz CT molecular complexity index is 374. The first-order chi connectivity index (χ1) is 9.99. The van der Waals surface area contributed by atoms with Gasteiger partial charge in [0.15, 0.2) is 0 Å². The van der Waals surface area contributed by atoms with Gasteiger partial charge in [0.25, 0.3) is 0 Å². The van der Waals surface area contributed by atoms with Crippen molar-refractivity contribution in [1.29, 1.82) is 0 Å². The number of hydrogen-bond acceptors (Lipinski definition) is 8. The molecule has 21 heavy (non-hydrogen) atoms. The van der Waals surface area contributed by atoms with Gasteiger partial charge in [0.05, 0.1) is 0 Å². The van der Waals surface area contributed by atoms with Crippen LogP contribution in [0.2, 0.25) is 0 Å². The van der Waals surface area contributed by atoms with Crippen LogP contribution in [0.25, 0.3) is 0 Å². The molecule has 0 fully saturated rings. The first kappa shape index (κ1) is 18.4. The van der Waals surface area contributed by atoms with Crippen LogP contribution in [0.1, 0.15) is 6.42 Å². The Morgan fingerprint density at radius 1 is 0.667 bits per heavy atom. The summed E-state index contributed by atoms with van der Waals surface area (Å²) in [6, 6.07) is 0. The molecule has 0 radical (unpaired) electrons. The fraction of sp³-hybridized carbons (Fsp3) is 0.385. The fourth-order valence-electron chi connectivity index (χ4n) is 0.933. The highest BCUT2D eigenvalue weighted by Crippen LogP contribution is 1.92. The number of carbonyl (C=O) groups is 4. The Hall–Kier alpha value is -2.64. The van der Waals surface area contributed by atoms with Crippen molar-refractivity contribution in [3.63, 3.8) is 0 Å². The van der Waals surface area contributed by atoms with Crippen molar-refractivity contribution in [2.45, 2.75) is 6.42 Å². The van der Waals surface area contributed by atoms with Gasteiger partial charge in [-0.3, -0.25) is 9.59 Å². The summed E-state index contributed by atoms with van der Waals surface area (Å²) < 4.78 is 18.3.